The molecule has 0 radical (unpaired) electrons. The van der Waals surface area contributed by atoms with Crippen molar-refractivity contribution in [1.29, 1.82) is 0 Å². The van der Waals surface area contributed by atoms with Crippen molar-refractivity contribution in [3.05, 3.63) is 35.4 Å². The van der Waals surface area contributed by atoms with E-state index >= 15 is 0 Å². The highest BCUT2D eigenvalue weighted by Gasteiger charge is 2.32. The number of hydrogen-bond donors (Lipinski definition) is 3. The van der Waals surface area contributed by atoms with Crippen LogP contribution in [0.4, 0.5) is 0 Å². The lowest BCUT2D eigenvalue weighted by Gasteiger charge is -2.21. The predicted molar refractivity (Wildman–Crippen MR) is 70.1 cm³/mol. The van der Waals surface area contributed by atoms with Gasteiger partial charge in [0.25, 0.3) is 5.91 Å². The van der Waals surface area contributed by atoms with E-state index in [1.54, 1.807) is 29.2 Å². The number of hydrogen-bond acceptors (Lipinski definition) is 4. The van der Waals surface area contributed by atoms with Crippen molar-refractivity contribution in [2.24, 2.45) is 10.9 Å². The van der Waals surface area contributed by atoms with Crippen LogP contribution < -0.4 is 5.73 Å². The molecule has 0 aliphatic heterocycles. The minimum atomic E-state index is -0.135. The number of benzene rings is 1. The van der Waals surface area contributed by atoms with Crippen LogP contribution in [0.2, 0.25) is 0 Å². The van der Waals surface area contributed by atoms with Gasteiger partial charge >= 0.3 is 0 Å². The molecular weight excluding hydrogens is 246 g/mol. The van der Waals surface area contributed by atoms with Crippen molar-refractivity contribution in [1.82, 2.24) is 4.90 Å². The summed E-state index contributed by atoms with van der Waals surface area (Å²) in [5.74, 6) is -0.168. The summed E-state index contributed by atoms with van der Waals surface area (Å²) in [6, 6.07) is 6.85. The number of rotatable bonds is 5. The fraction of sp³-hybridized carbons (Fsp3) is 0.385. The number of amidine groups is 1. The van der Waals surface area contributed by atoms with E-state index < -0.39 is 0 Å². The molecule has 6 heteroatoms. The summed E-state index contributed by atoms with van der Waals surface area (Å²) in [6.45, 7) is 0.277. The Morgan fingerprint density at radius 3 is 2.68 bits per heavy atom. The SMILES string of the molecule is NC(=NO)c1cccc(C(=O)N(CCO)C2CC2)c1. The van der Waals surface area contributed by atoms with Gasteiger partial charge in [0.15, 0.2) is 5.84 Å². The van der Waals surface area contributed by atoms with Crippen LogP contribution in [0.15, 0.2) is 29.4 Å². The van der Waals surface area contributed by atoms with E-state index in [-0.39, 0.29) is 24.4 Å². The molecule has 1 saturated carbocycles. The van der Waals surface area contributed by atoms with Crippen molar-refractivity contribution in [3.63, 3.8) is 0 Å². The van der Waals surface area contributed by atoms with Gasteiger partial charge in [0.05, 0.1) is 6.61 Å². The molecular formula is C13H17N3O3. The Labute approximate surface area is 111 Å². The number of carbonyl (C=O) groups excluding carboxylic acids is 1. The summed E-state index contributed by atoms with van der Waals surface area (Å²) in [6.07, 6.45) is 1.96. The topological polar surface area (TPSA) is 99.2 Å². The molecule has 4 N–H and O–H groups in total. The average molecular weight is 263 g/mol. The molecule has 0 unspecified atom stereocenters. The van der Waals surface area contributed by atoms with Gasteiger partial charge in [-0.15, -0.1) is 0 Å². The Hall–Kier alpha value is -2.08. The summed E-state index contributed by atoms with van der Waals surface area (Å²) < 4.78 is 0. The third kappa shape index (κ3) is 3.03. The molecule has 0 atom stereocenters. The smallest absolute Gasteiger partial charge is 0.254 e. The number of carbonyl (C=O) groups is 1. The Bertz CT molecular complexity index is 498. The van der Waals surface area contributed by atoms with Gasteiger partial charge in [0.1, 0.15) is 0 Å². The largest absolute Gasteiger partial charge is 0.409 e. The number of nitrogens with two attached hydrogens (primary N) is 1. The molecule has 0 saturated heterocycles. The van der Waals surface area contributed by atoms with E-state index in [1.807, 2.05) is 0 Å². The number of oxime groups is 1. The van der Waals surface area contributed by atoms with Crippen molar-refractivity contribution in [3.8, 4) is 0 Å². The van der Waals surface area contributed by atoms with Crippen LogP contribution >= 0.6 is 0 Å². The first-order valence-electron chi connectivity index (χ1n) is 6.17. The molecule has 0 heterocycles. The summed E-state index contributed by atoms with van der Waals surface area (Å²) in [5.41, 5.74) is 6.48. The zero-order valence-corrected chi connectivity index (χ0v) is 10.5. The van der Waals surface area contributed by atoms with E-state index in [2.05, 4.69) is 5.16 Å². The van der Waals surface area contributed by atoms with E-state index in [0.717, 1.165) is 12.8 Å². The monoisotopic (exact) mass is 263 g/mol. The van der Waals surface area contributed by atoms with Gasteiger partial charge in [-0.2, -0.15) is 0 Å². The van der Waals surface area contributed by atoms with Gasteiger partial charge in [0.2, 0.25) is 0 Å². The van der Waals surface area contributed by atoms with E-state index in [4.69, 9.17) is 16.0 Å². The Balaban J connectivity index is 2.22. The quantitative estimate of drug-likeness (QED) is 0.309. The van der Waals surface area contributed by atoms with Gasteiger partial charge in [-0.1, -0.05) is 17.3 Å². The number of aliphatic hydroxyl groups is 1. The lowest BCUT2D eigenvalue weighted by molar-refractivity contribution is 0.0707. The molecule has 2 rings (SSSR count). The standard InChI is InChI=1S/C13H17N3O3/c14-12(15-19)9-2-1-3-10(8-9)13(18)16(6-7-17)11-4-5-11/h1-3,8,11,17,19H,4-7H2,(H2,14,15). The Morgan fingerprint density at radius 2 is 2.11 bits per heavy atom. The minimum Gasteiger partial charge on any atom is -0.409 e. The number of aliphatic hydroxyl groups excluding tert-OH is 1. The molecule has 1 aromatic rings. The Kier molecular flexibility index (Phi) is 4.01. The van der Waals surface area contributed by atoms with Crippen LogP contribution in [-0.4, -0.2) is 46.1 Å². The third-order valence-electron chi connectivity index (χ3n) is 3.10. The molecule has 102 valence electrons. The van der Waals surface area contributed by atoms with Gasteiger partial charge in [-0.25, -0.2) is 0 Å². The zero-order valence-electron chi connectivity index (χ0n) is 10.5. The highest BCUT2D eigenvalue weighted by atomic mass is 16.4. The first-order valence-corrected chi connectivity index (χ1v) is 6.17. The van der Waals surface area contributed by atoms with Crippen LogP contribution in [0.25, 0.3) is 0 Å². The number of amides is 1. The second-order valence-corrected chi connectivity index (χ2v) is 4.52. The van der Waals surface area contributed by atoms with E-state index in [0.29, 0.717) is 17.7 Å². The van der Waals surface area contributed by atoms with Crippen LogP contribution in [0.3, 0.4) is 0 Å². The van der Waals surface area contributed by atoms with Crippen molar-refractivity contribution < 1.29 is 15.1 Å². The van der Waals surface area contributed by atoms with Crippen LogP contribution in [0, 0.1) is 0 Å². The summed E-state index contributed by atoms with van der Waals surface area (Å²) in [5, 5.41) is 20.6. The normalized spacial score (nSPS) is 15.3. The maximum absolute atomic E-state index is 12.4. The average Bonchev–Trinajstić information content (AvgIpc) is 3.27. The van der Waals surface area contributed by atoms with Crippen LogP contribution in [0.5, 0.6) is 0 Å². The van der Waals surface area contributed by atoms with E-state index in [9.17, 15) is 4.79 Å². The van der Waals surface area contributed by atoms with Crippen LogP contribution in [-0.2, 0) is 0 Å². The van der Waals surface area contributed by atoms with Gasteiger partial charge in [0, 0.05) is 23.7 Å². The van der Waals surface area contributed by atoms with E-state index in [1.165, 1.54) is 0 Å². The molecule has 0 aromatic heterocycles. The lowest BCUT2D eigenvalue weighted by atomic mass is 10.1. The summed E-state index contributed by atoms with van der Waals surface area (Å²) in [4.78, 5) is 14.0. The molecule has 1 aliphatic rings. The molecule has 19 heavy (non-hydrogen) atoms. The minimum absolute atomic E-state index is 0.0326. The molecule has 0 spiro atoms. The summed E-state index contributed by atoms with van der Waals surface area (Å²) >= 11 is 0. The van der Waals surface area contributed by atoms with Crippen molar-refractivity contribution in [2.45, 2.75) is 18.9 Å². The second kappa shape index (κ2) is 5.71. The maximum Gasteiger partial charge on any atom is 0.254 e. The van der Waals surface area contributed by atoms with Crippen molar-refractivity contribution in [2.75, 3.05) is 13.2 Å². The fourth-order valence-corrected chi connectivity index (χ4v) is 1.98. The lowest BCUT2D eigenvalue weighted by Crippen LogP contribution is -2.35. The summed E-state index contributed by atoms with van der Waals surface area (Å²) in [7, 11) is 0. The molecule has 1 amide bonds. The zero-order chi connectivity index (χ0) is 13.8. The third-order valence-corrected chi connectivity index (χ3v) is 3.10. The molecule has 1 aliphatic carbocycles. The van der Waals surface area contributed by atoms with Gasteiger partial charge in [-0.3, -0.25) is 4.79 Å². The van der Waals surface area contributed by atoms with Crippen LogP contribution in [0.1, 0.15) is 28.8 Å². The molecule has 1 fully saturated rings. The highest BCUT2D eigenvalue weighted by molar-refractivity contribution is 6.01. The van der Waals surface area contributed by atoms with Gasteiger partial charge < -0.3 is 20.9 Å². The highest BCUT2D eigenvalue weighted by Crippen LogP contribution is 2.28. The molecule has 1 aromatic carbocycles. The van der Waals surface area contributed by atoms with Crippen molar-refractivity contribution >= 4 is 11.7 Å². The maximum atomic E-state index is 12.4. The first-order chi connectivity index (χ1) is 9.17. The molecule has 0 bridgehead atoms. The van der Waals surface area contributed by atoms with Gasteiger partial charge in [-0.05, 0) is 25.0 Å². The second-order valence-electron chi connectivity index (χ2n) is 4.52. The predicted octanol–water partition coefficient (Wildman–Crippen LogP) is 0.378. The fourth-order valence-electron chi connectivity index (χ4n) is 1.98. The number of nitrogens with zero attached hydrogens (tertiary/aromatic N) is 2. The first kappa shape index (κ1) is 13.4. The Morgan fingerprint density at radius 1 is 1.42 bits per heavy atom. The molecule has 6 nitrogen and oxygen atoms in total.